The summed E-state index contributed by atoms with van der Waals surface area (Å²) in [5, 5.41) is 9.82. The van der Waals surface area contributed by atoms with Crippen LogP contribution in [0.1, 0.15) is 28.9 Å². The summed E-state index contributed by atoms with van der Waals surface area (Å²) in [4.78, 5) is 24.6. The highest BCUT2D eigenvalue weighted by Gasteiger charge is 2.21. The number of phenolic OH excluding ortho intramolecular Hbond substituents is 1. The van der Waals surface area contributed by atoms with Crippen LogP contribution in [0.15, 0.2) is 51.9 Å². The lowest BCUT2D eigenvalue weighted by molar-refractivity contribution is 0.0738. The first-order chi connectivity index (χ1) is 9.50. The topological polar surface area (TPSA) is 70.8 Å². The van der Waals surface area contributed by atoms with Crippen LogP contribution in [-0.4, -0.2) is 23.0 Å². The van der Waals surface area contributed by atoms with Crippen molar-refractivity contribution < 1.29 is 14.3 Å². The van der Waals surface area contributed by atoms with Crippen LogP contribution < -0.4 is 5.63 Å². The van der Waals surface area contributed by atoms with Gasteiger partial charge in [-0.25, -0.2) is 4.79 Å². The first kappa shape index (κ1) is 13.9. The molecule has 0 bridgehead atoms. The Balaban J connectivity index is 2.24. The molecular formula is C15H15NO4. The molecule has 0 saturated heterocycles. The number of rotatable bonds is 3. The fourth-order valence-corrected chi connectivity index (χ4v) is 1.91. The maximum Gasteiger partial charge on any atom is 0.335 e. The molecule has 1 atom stereocenters. The normalized spacial score (nSPS) is 11.9. The fourth-order valence-electron chi connectivity index (χ4n) is 1.91. The minimum Gasteiger partial charge on any atom is -0.508 e. The molecule has 1 unspecified atom stereocenters. The van der Waals surface area contributed by atoms with E-state index in [0.717, 1.165) is 6.26 Å². The molecule has 0 fully saturated rings. The molecule has 0 spiro atoms. The average molecular weight is 273 g/mol. The minimum atomic E-state index is -0.502. The van der Waals surface area contributed by atoms with Gasteiger partial charge in [0.05, 0.1) is 11.6 Å². The van der Waals surface area contributed by atoms with Crippen LogP contribution in [0, 0.1) is 0 Å². The molecule has 1 amide bonds. The maximum atomic E-state index is 12.3. The van der Waals surface area contributed by atoms with Gasteiger partial charge in [0.15, 0.2) is 0 Å². The number of carbonyl (C=O) groups is 1. The van der Waals surface area contributed by atoms with Crippen LogP contribution in [0.5, 0.6) is 5.75 Å². The number of amides is 1. The molecule has 0 aliphatic carbocycles. The molecule has 1 heterocycles. The minimum absolute atomic E-state index is 0.138. The molecule has 2 aromatic rings. The molecule has 104 valence electrons. The van der Waals surface area contributed by atoms with Gasteiger partial charge in [-0.05, 0) is 19.1 Å². The van der Waals surface area contributed by atoms with Gasteiger partial charge >= 0.3 is 5.63 Å². The largest absolute Gasteiger partial charge is 0.508 e. The van der Waals surface area contributed by atoms with Crippen molar-refractivity contribution in [1.82, 2.24) is 4.90 Å². The van der Waals surface area contributed by atoms with Crippen molar-refractivity contribution >= 4 is 5.91 Å². The summed E-state index contributed by atoms with van der Waals surface area (Å²) in [7, 11) is 1.63. The molecule has 0 saturated carbocycles. The molecule has 1 N–H and O–H groups in total. The van der Waals surface area contributed by atoms with Gasteiger partial charge in [-0.3, -0.25) is 4.79 Å². The van der Waals surface area contributed by atoms with E-state index in [1.54, 1.807) is 31.3 Å². The molecule has 0 radical (unpaired) electrons. The number of aromatic hydroxyl groups is 1. The van der Waals surface area contributed by atoms with E-state index < -0.39 is 5.63 Å². The van der Waals surface area contributed by atoms with E-state index in [0.29, 0.717) is 5.56 Å². The van der Waals surface area contributed by atoms with Gasteiger partial charge in [-0.2, -0.15) is 0 Å². The smallest absolute Gasteiger partial charge is 0.335 e. The molecule has 0 aliphatic rings. The lowest BCUT2D eigenvalue weighted by Crippen LogP contribution is -2.29. The lowest BCUT2D eigenvalue weighted by atomic mass is 10.1. The van der Waals surface area contributed by atoms with Crippen molar-refractivity contribution in [3.05, 3.63) is 64.2 Å². The Hall–Kier alpha value is -2.56. The zero-order chi connectivity index (χ0) is 14.7. The molecule has 1 aromatic heterocycles. The van der Waals surface area contributed by atoms with Crippen LogP contribution >= 0.6 is 0 Å². The highest BCUT2D eigenvalue weighted by atomic mass is 16.4. The Morgan fingerprint density at radius 1 is 1.25 bits per heavy atom. The van der Waals surface area contributed by atoms with E-state index in [9.17, 15) is 14.7 Å². The summed E-state index contributed by atoms with van der Waals surface area (Å²) in [6.07, 6.45) is 1.14. The molecule has 20 heavy (non-hydrogen) atoms. The second-order valence-corrected chi connectivity index (χ2v) is 4.49. The van der Waals surface area contributed by atoms with E-state index in [1.807, 2.05) is 6.92 Å². The van der Waals surface area contributed by atoms with Gasteiger partial charge in [-0.15, -0.1) is 0 Å². The van der Waals surface area contributed by atoms with Crippen molar-refractivity contribution in [1.29, 1.82) is 0 Å². The zero-order valence-electron chi connectivity index (χ0n) is 11.2. The molecule has 0 aliphatic heterocycles. The van der Waals surface area contributed by atoms with E-state index in [1.165, 1.54) is 17.0 Å². The number of hydrogen-bond donors (Lipinski definition) is 1. The third-order valence-corrected chi connectivity index (χ3v) is 3.24. The Labute approximate surface area is 116 Å². The van der Waals surface area contributed by atoms with Crippen molar-refractivity contribution in [3.8, 4) is 5.75 Å². The number of hydrogen-bond acceptors (Lipinski definition) is 4. The summed E-state index contributed by atoms with van der Waals surface area (Å²) in [5.41, 5.74) is 0.438. The SMILES string of the molecule is CC(c1ccccc1O)N(C)C(=O)c1ccc(=O)oc1. The van der Waals surface area contributed by atoms with Gasteiger partial charge in [0.25, 0.3) is 5.91 Å². The van der Waals surface area contributed by atoms with E-state index in [4.69, 9.17) is 0 Å². The Morgan fingerprint density at radius 3 is 2.55 bits per heavy atom. The standard InChI is InChI=1S/C15H15NO4/c1-10(12-5-3-4-6-13(12)17)16(2)15(19)11-7-8-14(18)20-9-11/h3-10,17H,1-2H3. The zero-order valence-corrected chi connectivity index (χ0v) is 11.2. The predicted octanol–water partition coefficient (Wildman–Crippen LogP) is 2.18. The number of carbonyl (C=O) groups excluding carboxylic acids is 1. The van der Waals surface area contributed by atoms with Crippen molar-refractivity contribution in [2.75, 3.05) is 7.05 Å². The van der Waals surface area contributed by atoms with Gasteiger partial charge in [-0.1, -0.05) is 18.2 Å². The van der Waals surface area contributed by atoms with Gasteiger partial charge in [0, 0.05) is 18.7 Å². The molecule has 1 aromatic carbocycles. The highest BCUT2D eigenvalue weighted by molar-refractivity contribution is 5.93. The summed E-state index contributed by atoms with van der Waals surface area (Å²) < 4.78 is 4.69. The first-order valence-electron chi connectivity index (χ1n) is 6.14. The predicted molar refractivity (Wildman–Crippen MR) is 73.6 cm³/mol. The lowest BCUT2D eigenvalue weighted by Gasteiger charge is -2.25. The van der Waals surface area contributed by atoms with E-state index >= 15 is 0 Å². The van der Waals surface area contributed by atoms with Gasteiger partial charge in [0.1, 0.15) is 12.0 Å². The van der Waals surface area contributed by atoms with E-state index in [-0.39, 0.29) is 23.3 Å². The summed E-state index contributed by atoms with van der Waals surface area (Å²) in [6.45, 7) is 1.81. The number of para-hydroxylation sites is 1. The Bertz CT molecular complexity index is 657. The summed E-state index contributed by atoms with van der Waals surface area (Å²) in [6, 6.07) is 9.16. The second kappa shape index (κ2) is 5.61. The van der Waals surface area contributed by atoms with Gasteiger partial charge in [0.2, 0.25) is 0 Å². The molecule has 2 rings (SSSR count). The maximum absolute atomic E-state index is 12.3. The van der Waals surface area contributed by atoms with Crippen molar-refractivity contribution in [3.63, 3.8) is 0 Å². The molecule has 5 nitrogen and oxygen atoms in total. The number of phenols is 1. The fraction of sp³-hybridized carbons (Fsp3) is 0.200. The molecular weight excluding hydrogens is 258 g/mol. The third kappa shape index (κ3) is 2.71. The van der Waals surface area contributed by atoms with Crippen LogP contribution in [0.2, 0.25) is 0 Å². The highest BCUT2D eigenvalue weighted by Crippen LogP contribution is 2.27. The van der Waals surface area contributed by atoms with Gasteiger partial charge < -0.3 is 14.4 Å². The third-order valence-electron chi connectivity index (χ3n) is 3.24. The van der Waals surface area contributed by atoms with Crippen molar-refractivity contribution in [2.24, 2.45) is 0 Å². The Morgan fingerprint density at radius 2 is 1.95 bits per heavy atom. The number of benzene rings is 1. The van der Waals surface area contributed by atoms with Crippen LogP contribution in [0.3, 0.4) is 0 Å². The first-order valence-corrected chi connectivity index (χ1v) is 6.14. The second-order valence-electron chi connectivity index (χ2n) is 4.49. The monoisotopic (exact) mass is 273 g/mol. The van der Waals surface area contributed by atoms with Crippen molar-refractivity contribution in [2.45, 2.75) is 13.0 Å². The van der Waals surface area contributed by atoms with Crippen LogP contribution in [-0.2, 0) is 0 Å². The summed E-state index contributed by atoms with van der Waals surface area (Å²) in [5.74, 6) is -0.149. The summed E-state index contributed by atoms with van der Waals surface area (Å²) >= 11 is 0. The van der Waals surface area contributed by atoms with Crippen LogP contribution in [0.4, 0.5) is 0 Å². The quantitative estimate of drug-likeness (QED) is 0.930. The van der Waals surface area contributed by atoms with E-state index in [2.05, 4.69) is 4.42 Å². The van der Waals surface area contributed by atoms with Crippen LogP contribution in [0.25, 0.3) is 0 Å². The average Bonchev–Trinajstić information content (AvgIpc) is 2.46. The molecule has 5 heteroatoms. The Kier molecular flexibility index (Phi) is 3.89. The number of nitrogens with zero attached hydrogens (tertiary/aromatic N) is 1.